The molecule has 1 atom stereocenters. The molecule has 0 heterocycles. The first kappa shape index (κ1) is 22.3. The largest absolute Gasteiger partial charge is 0.417 e. The molecule has 2 amide bonds. The fourth-order valence-electron chi connectivity index (χ4n) is 2.01. The highest BCUT2D eigenvalue weighted by molar-refractivity contribution is 6.74. The highest BCUT2D eigenvalue weighted by atomic mass is 28.4. The van der Waals surface area contributed by atoms with Gasteiger partial charge in [-0.3, -0.25) is 9.59 Å². The number of rotatable bonds is 10. The van der Waals surface area contributed by atoms with E-state index in [0.29, 0.717) is 19.6 Å². The van der Waals surface area contributed by atoms with Crippen molar-refractivity contribution >= 4 is 20.1 Å². The molecule has 0 aromatic heterocycles. The maximum atomic E-state index is 12.0. The summed E-state index contributed by atoms with van der Waals surface area (Å²) in [5.41, 5.74) is 6.38. The number of carbonyl (C=O) groups is 2. The summed E-state index contributed by atoms with van der Waals surface area (Å²) in [6.07, 6.45) is 0.353. The Morgan fingerprint density at radius 2 is 1.81 bits per heavy atom. The van der Waals surface area contributed by atoms with Crippen LogP contribution in [0.15, 0.2) is 30.3 Å². The molecular formula is C19H32N2O4Si. The van der Waals surface area contributed by atoms with E-state index in [1.165, 1.54) is 0 Å². The van der Waals surface area contributed by atoms with Crippen molar-refractivity contribution in [1.82, 2.24) is 5.32 Å². The average Bonchev–Trinajstić information content (AvgIpc) is 2.53. The number of nitrogens with two attached hydrogens (primary N) is 1. The van der Waals surface area contributed by atoms with Gasteiger partial charge in [0.25, 0.3) is 0 Å². The molecular weight excluding hydrogens is 348 g/mol. The van der Waals surface area contributed by atoms with Crippen molar-refractivity contribution in [3.05, 3.63) is 35.9 Å². The Bertz CT molecular complexity index is 585. The van der Waals surface area contributed by atoms with E-state index >= 15 is 0 Å². The van der Waals surface area contributed by atoms with E-state index in [0.717, 1.165) is 5.56 Å². The lowest BCUT2D eigenvalue weighted by atomic mass is 10.2. The van der Waals surface area contributed by atoms with Crippen molar-refractivity contribution in [2.24, 2.45) is 5.73 Å². The minimum absolute atomic E-state index is 0.0871. The van der Waals surface area contributed by atoms with Gasteiger partial charge in [0.15, 0.2) is 8.32 Å². The van der Waals surface area contributed by atoms with Crippen LogP contribution in [-0.2, 0) is 25.4 Å². The molecule has 0 saturated heterocycles. The quantitative estimate of drug-likeness (QED) is 0.610. The van der Waals surface area contributed by atoms with Crippen LogP contribution in [-0.4, -0.2) is 39.4 Å². The van der Waals surface area contributed by atoms with E-state index < -0.39 is 20.3 Å². The Balaban J connectivity index is 2.40. The first-order valence-corrected chi connectivity index (χ1v) is 11.8. The van der Waals surface area contributed by atoms with E-state index in [4.69, 9.17) is 14.9 Å². The van der Waals surface area contributed by atoms with Crippen molar-refractivity contribution < 1.29 is 18.8 Å². The van der Waals surface area contributed by atoms with Crippen LogP contribution in [0, 0.1) is 0 Å². The fourth-order valence-corrected chi connectivity index (χ4v) is 3.07. The number of benzene rings is 1. The Kier molecular flexibility index (Phi) is 8.46. The summed E-state index contributed by atoms with van der Waals surface area (Å²) >= 11 is 0. The van der Waals surface area contributed by atoms with E-state index in [-0.39, 0.29) is 17.6 Å². The van der Waals surface area contributed by atoms with E-state index in [9.17, 15) is 9.59 Å². The zero-order valence-electron chi connectivity index (χ0n) is 16.5. The van der Waals surface area contributed by atoms with Gasteiger partial charge in [-0.25, -0.2) is 0 Å². The molecule has 0 radical (unpaired) electrons. The summed E-state index contributed by atoms with van der Waals surface area (Å²) < 4.78 is 11.4. The zero-order chi connectivity index (χ0) is 19.8. The molecule has 7 heteroatoms. The molecule has 0 spiro atoms. The van der Waals surface area contributed by atoms with Crippen LogP contribution >= 0.6 is 0 Å². The second-order valence-electron chi connectivity index (χ2n) is 7.90. The van der Waals surface area contributed by atoms with Crippen LogP contribution in [0.2, 0.25) is 18.1 Å². The summed E-state index contributed by atoms with van der Waals surface area (Å²) in [6, 6.07) is 8.81. The number of nitrogens with one attached hydrogen (secondary N) is 1. The van der Waals surface area contributed by atoms with Gasteiger partial charge >= 0.3 is 0 Å². The summed E-state index contributed by atoms with van der Waals surface area (Å²) in [6.45, 7) is 11.3. The van der Waals surface area contributed by atoms with Gasteiger partial charge in [-0.05, 0) is 30.1 Å². The molecule has 0 aliphatic carbocycles. The van der Waals surface area contributed by atoms with Crippen LogP contribution in [0.5, 0.6) is 0 Å². The second-order valence-corrected chi connectivity index (χ2v) is 12.7. The highest BCUT2D eigenvalue weighted by Crippen LogP contribution is 2.36. The SMILES string of the molecule is CC(C)(C)[Si](C)(C)OCC[C@@H](NC(=O)COCc1ccccc1)C(N)=O. The topological polar surface area (TPSA) is 90.7 Å². The summed E-state index contributed by atoms with van der Waals surface area (Å²) in [4.78, 5) is 23.6. The molecule has 3 N–H and O–H groups in total. The van der Waals surface area contributed by atoms with Crippen molar-refractivity contribution in [1.29, 1.82) is 0 Å². The number of ether oxygens (including phenoxy) is 1. The smallest absolute Gasteiger partial charge is 0.246 e. The van der Waals surface area contributed by atoms with Gasteiger partial charge in [0.05, 0.1) is 6.61 Å². The van der Waals surface area contributed by atoms with E-state index in [1.54, 1.807) is 0 Å². The molecule has 0 bridgehead atoms. The standard InChI is InChI=1S/C19H32N2O4Si/c1-19(2,3)26(4,5)25-12-11-16(18(20)23)21-17(22)14-24-13-15-9-7-6-8-10-15/h6-10,16H,11-14H2,1-5H3,(H2,20,23)(H,21,22)/t16-/m1/s1. The molecule has 6 nitrogen and oxygen atoms in total. The van der Waals surface area contributed by atoms with Crippen molar-refractivity contribution in [2.45, 2.75) is 58.0 Å². The zero-order valence-corrected chi connectivity index (χ0v) is 17.5. The van der Waals surface area contributed by atoms with Gasteiger partial charge in [-0.1, -0.05) is 51.1 Å². The van der Waals surface area contributed by atoms with Gasteiger partial charge in [0, 0.05) is 6.61 Å². The van der Waals surface area contributed by atoms with Gasteiger partial charge in [0.1, 0.15) is 12.6 Å². The summed E-state index contributed by atoms with van der Waals surface area (Å²) in [5.74, 6) is -0.933. The van der Waals surface area contributed by atoms with Gasteiger partial charge in [-0.2, -0.15) is 0 Å². The first-order valence-electron chi connectivity index (χ1n) is 8.87. The molecule has 146 valence electrons. The number of hydrogen-bond donors (Lipinski definition) is 2. The maximum Gasteiger partial charge on any atom is 0.246 e. The highest BCUT2D eigenvalue weighted by Gasteiger charge is 2.37. The predicted octanol–water partition coefficient (Wildman–Crippen LogP) is 2.59. The van der Waals surface area contributed by atoms with Crippen LogP contribution in [0.4, 0.5) is 0 Å². The van der Waals surface area contributed by atoms with Gasteiger partial charge < -0.3 is 20.2 Å². The van der Waals surface area contributed by atoms with E-state index in [2.05, 4.69) is 39.2 Å². The monoisotopic (exact) mass is 380 g/mol. The molecule has 0 aliphatic heterocycles. The third kappa shape index (κ3) is 7.68. The molecule has 0 saturated carbocycles. The minimum atomic E-state index is -1.89. The number of hydrogen-bond acceptors (Lipinski definition) is 4. The van der Waals surface area contributed by atoms with Gasteiger partial charge in [0.2, 0.25) is 11.8 Å². The second kappa shape index (κ2) is 9.85. The third-order valence-electron chi connectivity index (χ3n) is 4.70. The molecule has 0 aliphatic rings. The Morgan fingerprint density at radius 3 is 2.35 bits per heavy atom. The molecule has 26 heavy (non-hydrogen) atoms. The fraction of sp³-hybridized carbons (Fsp3) is 0.579. The predicted molar refractivity (Wildman–Crippen MR) is 105 cm³/mol. The van der Waals surface area contributed by atoms with Crippen LogP contribution in [0.3, 0.4) is 0 Å². The van der Waals surface area contributed by atoms with Crippen LogP contribution in [0.1, 0.15) is 32.8 Å². The van der Waals surface area contributed by atoms with Crippen LogP contribution in [0.25, 0.3) is 0 Å². The molecule has 1 aromatic rings. The van der Waals surface area contributed by atoms with Crippen molar-refractivity contribution in [3.8, 4) is 0 Å². The number of amides is 2. The number of primary amides is 1. The Labute approximate surface area is 157 Å². The Hall–Kier alpha value is -1.70. The normalized spacial score (nSPS) is 13.3. The van der Waals surface area contributed by atoms with Crippen molar-refractivity contribution in [2.75, 3.05) is 13.2 Å². The van der Waals surface area contributed by atoms with E-state index in [1.807, 2.05) is 30.3 Å². The minimum Gasteiger partial charge on any atom is -0.417 e. The summed E-state index contributed by atoms with van der Waals surface area (Å²) in [5, 5.41) is 2.71. The average molecular weight is 381 g/mol. The third-order valence-corrected chi connectivity index (χ3v) is 9.24. The Morgan fingerprint density at radius 1 is 1.19 bits per heavy atom. The maximum absolute atomic E-state index is 12.0. The first-order chi connectivity index (χ1) is 12.0. The molecule has 0 unspecified atom stereocenters. The summed E-state index contributed by atoms with van der Waals surface area (Å²) in [7, 11) is -1.89. The van der Waals surface area contributed by atoms with Crippen molar-refractivity contribution in [3.63, 3.8) is 0 Å². The number of carbonyl (C=O) groups excluding carboxylic acids is 2. The lowest BCUT2D eigenvalue weighted by Crippen LogP contribution is -2.47. The van der Waals surface area contributed by atoms with Gasteiger partial charge in [-0.15, -0.1) is 0 Å². The van der Waals surface area contributed by atoms with Crippen LogP contribution < -0.4 is 11.1 Å². The molecule has 1 aromatic carbocycles. The molecule has 1 rings (SSSR count). The lowest BCUT2D eigenvalue weighted by molar-refractivity contribution is -0.130. The molecule has 0 fully saturated rings. The lowest BCUT2D eigenvalue weighted by Gasteiger charge is -2.36.